The van der Waals surface area contributed by atoms with Crippen LogP contribution in [0.5, 0.6) is 0 Å². The zero-order chi connectivity index (χ0) is 21.6. The largest absolute Gasteiger partial charge is 0.379 e. The van der Waals surface area contributed by atoms with Crippen molar-refractivity contribution in [3.05, 3.63) is 93.5 Å². The molecule has 31 heavy (non-hydrogen) atoms. The summed E-state index contributed by atoms with van der Waals surface area (Å²) in [4.78, 5) is 2.39. The molecule has 0 aliphatic carbocycles. The van der Waals surface area contributed by atoms with Gasteiger partial charge in [0, 0.05) is 30.2 Å². The summed E-state index contributed by atoms with van der Waals surface area (Å²) in [5, 5.41) is 10.5. The van der Waals surface area contributed by atoms with Gasteiger partial charge in [0.05, 0.1) is 18.8 Å². The standard InChI is InChI=1S/C27H25ClN2O/c1-20-16-23(27(28)17-24(20)19-30-12-14-31-15-13-30)11-10-22-8-5-9-25(26(22)18-29)21-6-3-2-4-7-21/h2-11,16-17H,12-15,19H2,1H3/b11-10+. The van der Waals surface area contributed by atoms with Gasteiger partial charge in [0.2, 0.25) is 0 Å². The number of aryl methyl sites for hydroxylation is 1. The van der Waals surface area contributed by atoms with Crippen LogP contribution in [0.25, 0.3) is 23.3 Å². The third-order valence-electron chi connectivity index (χ3n) is 5.69. The summed E-state index contributed by atoms with van der Waals surface area (Å²) in [6.07, 6.45) is 3.98. The van der Waals surface area contributed by atoms with Crippen molar-refractivity contribution in [2.24, 2.45) is 0 Å². The summed E-state index contributed by atoms with van der Waals surface area (Å²) in [6.45, 7) is 6.49. The molecule has 4 rings (SSSR count). The van der Waals surface area contributed by atoms with E-state index in [0.717, 1.165) is 60.1 Å². The number of halogens is 1. The lowest BCUT2D eigenvalue weighted by molar-refractivity contribution is 0.0341. The van der Waals surface area contributed by atoms with Crippen LogP contribution in [0.1, 0.15) is 27.8 Å². The molecule has 1 aliphatic rings. The van der Waals surface area contributed by atoms with Gasteiger partial charge in [-0.25, -0.2) is 0 Å². The molecule has 0 unspecified atom stereocenters. The average Bonchev–Trinajstić information content (AvgIpc) is 2.81. The number of nitriles is 1. The lowest BCUT2D eigenvalue weighted by Gasteiger charge is -2.27. The molecule has 0 aromatic heterocycles. The van der Waals surface area contributed by atoms with Gasteiger partial charge >= 0.3 is 0 Å². The van der Waals surface area contributed by atoms with Crippen LogP contribution in [0.4, 0.5) is 0 Å². The van der Waals surface area contributed by atoms with E-state index in [9.17, 15) is 5.26 Å². The molecule has 0 atom stereocenters. The van der Waals surface area contributed by atoms with Crippen molar-refractivity contribution in [1.29, 1.82) is 5.26 Å². The molecule has 0 saturated carbocycles. The number of ether oxygens (including phenoxy) is 1. The second-order valence-corrected chi connectivity index (χ2v) is 8.18. The summed E-state index contributed by atoms with van der Waals surface area (Å²) in [5.41, 5.74) is 6.95. The second-order valence-electron chi connectivity index (χ2n) is 7.77. The highest BCUT2D eigenvalue weighted by Crippen LogP contribution is 2.28. The maximum atomic E-state index is 9.83. The molecule has 156 valence electrons. The molecule has 0 N–H and O–H groups in total. The highest BCUT2D eigenvalue weighted by atomic mass is 35.5. The number of morpholine rings is 1. The van der Waals surface area contributed by atoms with Crippen LogP contribution in [-0.2, 0) is 11.3 Å². The Bertz CT molecular complexity index is 1130. The Hall–Kier alpha value is -2.90. The molecule has 1 fully saturated rings. The molecule has 4 heteroatoms. The minimum Gasteiger partial charge on any atom is -0.379 e. The minimum atomic E-state index is 0.668. The Kier molecular flexibility index (Phi) is 6.84. The topological polar surface area (TPSA) is 36.3 Å². The molecular formula is C27H25ClN2O. The van der Waals surface area contributed by atoms with Crippen molar-refractivity contribution in [3.8, 4) is 17.2 Å². The Morgan fingerprint density at radius 1 is 1.00 bits per heavy atom. The maximum absolute atomic E-state index is 9.83. The molecule has 0 bridgehead atoms. The van der Waals surface area contributed by atoms with E-state index in [4.69, 9.17) is 16.3 Å². The van der Waals surface area contributed by atoms with Crippen LogP contribution in [0.15, 0.2) is 60.7 Å². The molecule has 3 aromatic rings. The number of rotatable bonds is 5. The highest BCUT2D eigenvalue weighted by molar-refractivity contribution is 6.32. The van der Waals surface area contributed by atoms with E-state index < -0.39 is 0 Å². The minimum absolute atomic E-state index is 0.668. The highest BCUT2D eigenvalue weighted by Gasteiger charge is 2.13. The first-order valence-electron chi connectivity index (χ1n) is 10.5. The quantitative estimate of drug-likeness (QED) is 0.454. The Labute approximate surface area is 189 Å². The van der Waals surface area contributed by atoms with Crippen LogP contribution >= 0.6 is 11.6 Å². The van der Waals surface area contributed by atoms with E-state index in [1.807, 2.05) is 60.7 Å². The summed E-state index contributed by atoms with van der Waals surface area (Å²) in [6, 6.07) is 22.5. The Morgan fingerprint density at radius 3 is 2.48 bits per heavy atom. The molecule has 1 saturated heterocycles. The first-order valence-corrected chi connectivity index (χ1v) is 10.9. The van der Waals surface area contributed by atoms with Gasteiger partial charge in [0.15, 0.2) is 0 Å². The molecule has 0 amide bonds. The van der Waals surface area contributed by atoms with E-state index in [-0.39, 0.29) is 0 Å². The molecule has 3 nitrogen and oxygen atoms in total. The van der Waals surface area contributed by atoms with Crippen molar-refractivity contribution in [1.82, 2.24) is 4.90 Å². The van der Waals surface area contributed by atoms with Crippen molar-refractivity contribution >= 4 is 23.8 Å². The second kappa shape index (κ2) is 9.94. The number of nitrogens with zero attached hydrogens (tertiary/aromatic N) is 2. The van der Waals surface area contributed by atoms with Gasteiger partial charge < -0.3 is 4.74 Å². The van der Waals surface area contributed by atoms with Crippen LogP contribution in [0, 0.1) is 18.3 Å². The van der Waals surface area contributed by atoms with Gasteiger partial charge in [0.1, 0.15) is 6.07 Å². The Morgan fingerprint density at radius 2 is 1.74 bits per heavy atom. The third-order valence-corrected chi connectivity index (χ3v) is 6.02. The molecule has 1 aliphatic heterocycles. The molecule has 0 radical (unpaired) electrons. The normalized spacial score (nSPS) is 14.6. The summed E-state index contributed by atoms with van der Waals surface area (Å²) >= 11 is 6.63. The summed E-state index contributed by atoms with van der Waals surface area (Å²) in [7, 11) is 0. The van der Waals surface area contributed by atoms with Crippen LogP contribution in [0.2, 0.25) is 5.02 Å². The molecular weight excluding hydrogens is 404 g/mol. The van der Waals surface area contributed by atoms with E-state index in [1.165, 1.54) is 11.1 Å². The lowest BCUT2D eigenvalue weighted by Crippen LogP contribution is -2.35. The first kappa shape index (κ1) is 21.3. The molecule has 0 spiro atoms. The fourth-order valence-electron chi connectivity index (χ4n) is 3.91. The molecule has 3 aromatic carbocycles. The summed E-state index contributed by atoms with van der Waals surface area (Å²) < 4.78 is 5.44. The lowest BCUT2D eigenvalue weighted by atomic mass is 9.95. The fraction of sp³-hybridized carbons (Fsp3) is 0.222. The molecule has 1 heterocycles. The third kappa shape index (κ3) is 5.06. The van der Waals surface area contributed by atoms with Crippen molar-refractivity contribution in [2.75, 3.05) is 26.3 Å². The number of hydrogen-bond acceptors (Lipinski definition) is 3. The van der Waals surface area contributed by atoms with Gasteiger partial charge in [0.25, 0.3) is 0 Å². The van der Waals surface area contributed by atoms with E-state index >= 15 is 0 Å². The van der Waals surface area contributed by atoms with E-state index in [2.05, 4.69) is 30.0 Å². The van der Waals surface area contributed by atoms with Crippen molar-refractivity contribution < 1.29 is 4.74 Å². The van der Waals surface area contributed by atoms with E-state index in [1.54, 1.807) is 0 Å². The van der Waals surface area contributed by atoms with Gasteiger partial charge in [-0.15, -0.1) is 0 Å². The van der Waals surface area contributed by atoms with Crippen LogP contribution in [-0.4, -0.2) is 31.2 Å². The van der Waals surface area contributed by atoms with E-state index in [0.29, 0.717) is 5.56 Å². The van der Waals surface area contributed by atoms with Crippen molar-refractivity contribution in [2.45, 2.75) is 13.5 Å². The smallest absolute Gasteiger partial charge is 0.100 e. The van der Waals surface area contributed by atoms with Crippen LogP contribution in [0.3, 0.4) is 0 Å². The SMILES string of the molecule is Cc1cc(/C=C/c2cccc(-c3ccccc3)c2C#N)c(Cl)cc1CN1CCOCC1. The Balaban J connectivity index is 1.60. The number of benzene rings is 3. The average molecular weight is 429 g/mol. The van der Waals surface area contributed by atoms with Gasteiger partial charge in [-0.05, 0) is 40.8 Å². The van der Waals surface area contributed by atoms with Gasteiger partial charge in [-0.1, -0.05) is 78.4 Å². The van der Waals surface area contributed by atoms with Crippen LogP contribution < -0.4 is 0 Å². The van der Waals surface area contributed by atoms with Gasteiger partial charge in [-0.3, -0.25) is 4.90 Å². The zero-order valence-corrected chi connectivity index (χ0v) is 18.4. The fourth-order valence-corrected chi connectivity index (χ4v) is 4.16. The first-order chi connectivity index (χ1) is 15.2. The summed E-state index contributed by atoms with van der Waals surface area (Å²) in [5.74, 6) is 0. The van der Waals surface area contributed by atoms with Gasteiger partial charge in [-0.2, -0.15) is 5.26 Å². The predicted octanol–water partition coefficient (Wildman–Crippen LogP) is 6.19. The maximum Gasteiger partial charge on any atom is 0.100 e. The number of hydrogen-bond donors (Lipinski definition) is 0. The van der Waals surface area contributed by atoms with Crippen molar-refractivity contribution in [3.63, 3.8) is 0 Å². The predicted molar refractivity (Wildman–Crippen MR) is 128 cm³/mol. The monoisotopic (exact) mass is 428 g/mol. The zero-order valence-electron chi connectivity index (χ0n) is 17.6.